The monoisotopic (exact) mass is 302 g/mol. The van der Waals surface area contributed by atoms with Gasteiger partial charge >= 0.3 is 0 Å². The maximum atomic E-state index is 12.8. The number of morpholine rings is 1. The number of hydrogen-bond acceptors (Lipinski definition) is 5. The van der Waals surface area contributed by atoms with Crippen LogP contribution in [-0.4, -0.2) is 63.3 Å². The first-order chi connectivity index (χ1) is 10.8. The third kappa shape index (κ3) is 3.15. The third-order valence-electron chi connectivity index (χ3n) is 3.68. The standard InChI is InChI=1S/C15H18N4O3/c20-11-13-10-18(7-8-22-13)15(21)14-4-2-1-3-12(14)9-19-6-5-16-17-19/h1-6,13,20H,7-11H2. The van der Waals surface area contributed by atoms with Gasteiger partial charge in [-0.05, 0) is 11.6 Å². The molecule has 0 aliphatic carbocycles. The summed E-state index contributed by atoms with van der Waals surface area (Å²) in [7, 11) is 0. The Hall–Kier alpha value is -2.25. The fraction of sp³-hybridized carbons (Fsp3) is 0.400. The van der Waals surface area contributed by atoms with E-state index in [9.17, 15) is 9.90 Å². The van der Waals surface area contributed by atoms with E-state index >= 15 is 0 Å². The summed E-state index contributed by atoms with van der Waals surface area (Å²) >= 11 is 0. The van der Waals surface area contributed by atoms with Gasteiger partial charge in [0.05, 0.1) is 32.1 Å². The largest absolute Gasteiger partial charge is 0.394 e. The number of benzene rings is 1. The highest BCUT2D eigenvalue weighted by molar-refractivity contribution is 5.95. The molecule has 2 heterocycles. The Morgan fingerprint density at radius 1 is 1.41 bits per heavy atom. The van der Waals surface area contributed by atoms with Crippen molar-refractivity contribution < 1.29 is 14.6 Å². The molecule has 22 heavy (non-hydrogen) atoms. The number of nitrogens with zero attached hydrogens (tertiary/aromatic N) is 4. The second kappa shape index (κ2) is 6.67. The fourth-order valence-electron chi connectivity index (χ4n) is 2.54. The van der Waals surface area contributed by atoms with E-state index in [0.29, 0.717) is 31.8 Å². The molecular formula is C15H18N4O3. The average molecular weight is 302 g/mol. The number of rotatable bonds is 4. The minimum atomic E-state index is -0.305. The molecule has 1 aliphatic heterocycles. The normalized spacial score (nSPS) is 18.4. The van der Waals surface area contributed by atoms with Gasteiger partial charge in [0.15, 0.2) is 0 Å². The molecule has 0 radical (unpaired) electrons. The summed E-state index contributed by atoms with van der Waals surface area (Å²) in [6, 6.07) is 7.48. The Morgan fingerprint density at radius 3 is 3.05 bits per heavy atom. The van der Waals surface area contributed by atoms with Gasteiger partial charge in [0.25, 0.3) is 5.91 Å². The van der Waals surface area contributed by atoms with Gasteiger partial charge in [-0.15, -0.1) is 5.10 Å². The molecule has 2 aromatic rings. The molecule has 1 fully saturated rings. The Morgan fingerprint density at radius 2 is 2.27 bits per heavy atom. The molecule has 1 N–H and O–H groups in total. The topological polar surface area (TPSA) is 80.5 Å². The van der Waals surface area contributed by atoms with Crippen LogP contribution in [0.2, 0.25) is 0 Å². The molecule has 0 saturated carbocycles. The zero-order chi connectivity index (χ0) is 15.4. The number of aromatic nitrogens is 3. The highest BCUT2D eigenvalue weighted by Gasteiger charge is 2.25. The van der Waals surface area contributed by atoms with Crippen molar-refractivity contribution >= 4 is 5.91 Å². The molecule has 0 bridgehead atoms. The van der Waals surface area contributed by atoms with Crippen LogP contribution in [0.25, 0.3) is 0 Å². The molecule has 3 rings (SSSR count). The molecule has 1 aliphatic rings. The number of ether oxygens (including phenoxy) is 1. The predicted molar refractivity (Wildman–Crippen MR) is 78.3 cm³/mol. The van der Waals surface area contributed by atoms with Gasteiger partial charge in [0.2, 0.25) is 0 Å². The molecule has 1 atom stereocenters. The Balaban J connectivity index is 1.80. The number of carbonyl (C=O) groups excluding carboxylic acids is 1. The lowest BCUT2D eigenvalue weighted by molar-refractivity contribution is -0.0447. The maximum absolute atomic E-state index is 12.8. The van der Waals surface area contributed by atoms with Crippen LogP contribution in [0.1, 0.15) is 15.9 Å². The molecule has 0 spiro atoms. The van der Waals surface area contributed by atoms with E-state index in [-0.39, 0.29) is 18.6 Å². The van der Waals surface area contributed by atoms with Crippen molar-refractivity contribution in [3.63, 3.8) is 0 Å². The highest BCUT2D eigenvalue weighted by atomic mass is 16.5. The summed E-state index contributed by atoms with van der Waals surface area (Å²) < 4.78 is 7.08. The van der Waals surface area contributed by atoms with Gasteiger partial charge < -0.3 is 14.7 Å². The first-order valence-electron chi connectivity index (χ1n) is 7.21. The summed E-state index contributed by atoms with van der Waals surface area (Å²) in [5.41, 5.74) is 1.54. The van der Waals surface area contributed by atoms with Crippen LogP contribution in [0, 0.1) is 0 Å². The van der Waals surface area contributed by atoms with Gasteiger partial charge in [0, 0.05) is 24.8 Å². The van der Waals surface area contributed by atoms with E-state index in [0.717, 1.165) is 5.56 Å². The lowest BCUT2D eigenvalue weighted by Gasteiger charge is -2.32. The Kier molecular flexibility index (Phi) is 4.45. The van der Waals surface area contributed by atoms with E-state index in [1.807, 2.05) is 24.3 Å². The molecule has 1 unspecified atom stereocenters. The van der Waals surface area contributed by atoms with Crippen molar-refractivity contribution in [2.45, 2.75) is 12.6 Å². The molecule has 116 valence electrons. The summed E-state index contributed by atoms with van der Waals surface area (Å²) in [5, 5.41) is 16.9. The summed E-state index contributed by atoms with van der Waals surface area (Å²) in [4.78, 5) is 14.5. The zero-order valence-corrected chi connectivity index (χ0v) is 12.1. The van der Waals surface area contributed by atoms with Gasteiger partial charge in [-0.25, -0.2) is 4.68 Å². The van der Waals surface area contributed by atoms with Crippen molar-refractivity contribution in [3.05, 3.63) is 47.8 Å². The van der Waals surface area contributed by atoms with E-state index in [1.54, 1.807) is 22.0 Å². The summed E-state index contributed by atoms with van der Waals surface area (Å²) in [5.74, 6) is -0.0440. The maximum Gasteiger partial charge on any atom is 0.254 e. The van der Waals surface area contributed by atoms with E-state index in [2.05, 4.69) is 10.3 Å². The molecule has 1 amide bonds. The minimum absolute atomic E-state index is 0.0440. The molecule has 7 nitrogen and oxygen atoms in total. The van der Waals surface area contributed by atoms with E-state index in [4.69, 9.17) is 4.74 Å². The van der Waals surface area contributed by atoms with Crippen molar-refractivity contribution in [2.75, 3.05) is 26.3 Å². The van der Waals surface area contributed by atoms with Crippen LogP contribution in [0.15, 0.2) is 36.7 Å². The Labute approximate surface area is 128 Å². The van der Waals surface area contributed by atoms with Crippen molar-refractivity contribution in [1.29, 1.82) is 0 Å². The molecule has 1 saturated heterocycles. The number of carbonyl (C=O) groups is 1. The summed E-state index contributed by atoms with van der Waals surface area (Å²) in [6.07, 6.45) is 3.07. The molecule has 7 heteroatoms. The number of aliphatic hydroxyl groups excluding tert-OH is 1. The predicted octanol–water partition coefficient (Wildman–Crippen LogP) is 0.160. The Bertz CT molecular complexity index is 629. The van der Waals surface area contributed by atoms with Crippen molar-refractivity contribution in [2.24, 2.45) is 0 Å². The lowest BCUT2D eigenvalue weighted by atomic mass is 10.1. The van der Waals surface area contributed by atoms with Crippen LogP contribution >= 0.6 is 0 Å². The highest BCUT2D eigenvalue weighted by Crippen LogP contribution is 2.15. The SMILES string of the molecule is O=C(c1ccccc1Cn1ccnn1)N1CCOC(CO)C1. The van der Waals surface area contributed by atoms with Crippen molar-refractivity contribution in [3.8, 4) is 0 Å². The third-order valence-corrected chi connectivity index (χ3v) is 3.68. The zero-order valence-electron chi connectivity index (χ0n) is 12.1. The van der Waals surface area contributed by atoms with Crippen LogP contribution in [0.4, 0.5) is 0 Å². The second-order valence-corrected chi connectivity index (χ2v) is 5.18. The van der Waals surface area contributed by atoms with Crippen molar-refractivity contribution in [1.82, 2.24) is 19.9 Å². The first-order valence-corrected chi connectivity index (χ1v) is 7.21. The fourth-order valence-corrected chi connectivity index (χ4v) is 2.54. The van der Waals surface area contributed by atoms with Crippen LogP contribution in [-0.2, 0) is 11.3 Å². The lowest BCUT2D eigenvalue weighted by Crippen LogP contribution is -2.47. The van der Waals surface area contributed by atoms with Crippen LogP contribution < -0.4 is 0 Å². The molecule has 1 aromatic carbocycles. The second-order valence-electron chi connectivity index (χ2n) is 5.18. The number of hydrogen-bond donors (Lipinski definition) is 1. The van der Waals surface area contributed by atoms with Crippen LogP contribution in [0.5, 0.6) is 0 Å². The molecular weight excluding hydrogens is 284 g/mol. The minimum Gasteiger partial charge on any atom is -0.394 e. The van der Waals surface area contributed by atoms with E-state index < -0.39 is 0 Å². The average Bonchev–Trinajstić information content (AvgIpc) is 3.08. The van der Waals surface area contributed by atoms with Gasteiger partial charge in [-0.1, -0.05) is 23.4 Å². The quantitative estimate of drug-likeness (QED) is 0.870. The van der Waals surface area contributed by atoms with Gasteiger partial charge in [0.1, 0.15) is 0 Å². The number of aliphatic hydroxyl groups is 1. The number of amides is 1. The van der Waals surface area contributed by atoms with Gasteiger partial charge in [-0.3, -0.25) is 4.79 Å². The van der Waals surface area contributed by atoms with E-state index in [1.165, 1.54) is 0 Å². The van der Waals surface area contributed by atoms with Gasteiger partial charge in [-0.2, -0.15) is 0 Å². The first kappa shape index (κ1) is 14.7. The smallest absolute Gasteiger partial charge is 0.254 e. The molecule has 1 aromatic heterocycles. The van der Waals surface area contributed by atoms with Crippen LogP contribution in [0.3, 0.4) is 0 Å². The summed E-state index contributed by atoms with van der Waals surface area (Å²) in [6.45, 7) is 1.81.